The van der Waals surface area contributed by atoms with Crippen molar-refractivity contribution in [1.82, 2.24) is 4.90 Å². The molecule has 2 aromatic rings. The lowest BCUT2D eigenvalue weighted by molar-refractivity contribution is -0.137. The zero-order valence-electron chi connectivity index (χ0n) is 13.8. The first-order chi connectivity index (χ1) is 12.2. The lowest BCUT2D eigenvalue weighted by atomic mass is 10.2. The molecule has 1 aromatic carbocycles. The monoisotopic (exact) mass is 388 g/mol. The molecule has 5 nitrogen and oxygen atoms in total. The van der Waals surface area contributed by atoms with Crippen LogP contribution in [0.5, 0.6) is 0 Å². The predicted octanol–water partition coefficient (Wildman–Crippen LogP) is 4.33. The Morgan fingerprint density at radius 2 is 2.00 bits per heavy atom. The fourth-order valence-corrected chi connectivity index (χ4v) is 2.35. The summed E-state index contributed by atoms with van der Waals surface area (Å²) in [4.78, 5) is 25.1. The first kappa shape index (κ1) is 19.8. The minimum Gasteiger partial charge on any atom is -0.467 e. The zero-order chi connectivity index (χ0) is 19.3. The number of furan rings is 1. The summed E-state index contributed by atoms with van der Waals surface area (Å²) in [5.74, 6) is -0.259. The molecular weight excluding hydrogens is 373 g/mol. The number of benzene rings is 1. The fourth-order valence-electron chi connectivity index (χ4n) is 2.19. The maximum atomic E-state index is 12.8. The van der Waals surface area contributed by atoms with Crippen molar-refractivity contribution in [3.8, 4) is 0 Å². The Morgan fingerprint density at radius 1 is 1.27 bits per heavy atom. The maximum Gasteiger partial charge on any atom is 0.416 e. The van der Waals surface area contributed by atoms with Crippen LogP contribution in [0.15, 0.2) is 41.0 Å². The summed E-state index contributed by atoms with van der Waals surface area (Å²) in [6.07, 6.45) is -3.18. The van der Waals surface area contributed by atoms with Gasteiger partial charge in [0.2, 0.25) is 11.8 Å². The van der Waals surface area contributed by atoms with Crippen LogP contribution >= 0.6 is 11.6 Å². The topological polar surface area (TPSA) is 62.6 Å². The van der Waals surface area contributed by atoms with Gasteiger partial charge in [0.05, 0.1) is 29.1 Å². The molecule has 0 spiro atoms. The van der Waals surface area contributed by atoms with Gasteiger partial charge in [0.1, 0.15) is 5.76 Å². The van der Waals surface area contributed by atoms with Crippen molar-refractivity contribution >= 4 is 29.1 Å². The molecule has 0 radical (unpaired) electrons. The van der Waals surface area contributed by atoms with Gasteiger partial charge in [-0.25, -0.2) is 0 Å². The minimum atomic E-state index is -4.54. The van der Waals surface area contributed by atoms with Gasteiger partial charge in [-0.1, -0.05) is 11.6 Å². The Bertz CT molecular complexity index is 776. The molecule has 0 aliphatic heterocycles. The number of alkyl halides is 3. The van der Waals surface area contributed by atoms with Gasteiger partial charge in [0.25, 0.3) is 0 Å². The highest BCUT2D eigenvalue weighted by Crippen LogP contribution is 2.33. The number of carbonyl (C=O) groups is 2. The number of hydrogen-bond acceptors (Lipinski definition) is 3. The summed E-state index contributed by atoms with van der Waals surface area (Å²) >= 11 is 5.84. The summed E-state index contributed by atoms with van der Waals surface area (Å²) in [5, 5.41) is 2.33. The predicted molar refractivity (Wildman–Crippen MR) is 89.5 cm³/mol. The average molecular weight is 389 g/mol. The van der Waals surface area contributed by atoms with Gasteiger partial charge in [-0.05, 0) is 30.3 Å². The van der Waals surface area contributed by atoms with Crippen molar-refractivity contribution in [2.24, 2.45) is 0 Å². The SMILES string of the molecule is CC(=O)N(CCC(=O)Nc1cc(C(F)(F)F)ccc1Cl)Cc1ccco1. The molecule has 9 heteroatoms. The molecule has 26 heavy (non-hydrogen) atoms. The van der Waals surface area contributed by atoms with Crippen LogP contribution < -0.4 is 5.32 Å². The minimum absolute atomic E-state index is 0.00893. The van der Waals surface area contributed by atoms with E-state index in [-0.39, 0.29) is 36.1 Å². The quantitative estimate of drug-likeness (QED) is 0.801. The highest BCUT2D eigenvalue weighted by atomic mass is 35.5. The van der Waals surface area contributed by atoms with Crippen LogP contribution in [0.2, 0.25) is 5.02 Å². The molecule has 2 amide bonds. The van der Waals surface area contributed by atoms with Gasteiger partial charge in [0, 0.05) is 19.9 Å². The van der Waals surface area contributed by atoms with Gasteiger partial charge in [-0.3, -0.25) is 9.59 Å². The number of amides is 2. The fraction of sp³-hybridized carbons (Fsp3) is 0.294. The number of nitrogens with one attached hydrogen (secondary N) is 1. The van der Waals surface area contributed by atoms with Crippen LogP contribution in [0.1, 0.15) is 24.7 Å². The molecule has 140 valence electrons. The summed E-state index contributed by atoms with van der Waals surface area (Å²) in [7, 11) is 0. The smallest absolute Gasteiger partial charge is 0.416 e. The molecule has 0 unspecified atom stereocenters. The zero-order valence-corrected chi connectivity index (χ0v) is 14.5. The Kier molecular flexibility index (Phi) is 6.31. The van der Waals surface area contributed by atoms with E-state index in [1.807, 2.05) is 0 Å². The molecule has 0 aliphatic carbocycles. The normalized spacial score (nSPS) is 11.3. The molecular formula is C17H16ClF3N2O3. The number of carbonyl (C=O) groups excluding carboxylic acids is 2. The molecule has 0 aliphatic rings. The third-order valence-electron chi connectivity index (χ3n) is 3.55. The number of rotatable bonds is 6. The molecule has 1 aromatic heterocycles. The first-order valence-corrected chi connectivity index (χ1v) is 7.99. The van der Waals surface area contributed by atoms with E-state index in [2.05, 4.69) is 5.32 Å². The Labute approximate surface area is 152 Å². The van der Waals surface area contributed by atoms with Gasteiger partial charge in [-0.15, -0.1) is 0 Å². The van der Waals surface area contributed by atoms with E-state index in [1.54, 1.807) is 12.1 Å². The van der Waals surface area contributed by atoms with Crippen molar-refractivity contribution in [2.75, 3.05) is 11.9 Å². The summed E-state index contributed by atoms with van der Waals surface area (Å²) in [5.41, 5.74) is -1.05. The maximum absolute atomic E-state index is 12.8. The van der Waals surface area contributed by atoms with E-state index in [1.165, 1.54) is 18.1 Å². The van der Waals surface area contributed by atoms with Crippen molar-refractivity contribution < 1.29 is 27.2 Å². The van der Waals surface area contributed by atoms with Crippen molar-refractivity contribution in [1.29, 1.82) is 0 Å². The lowest BCUT2D eigenvalue weighted by Gasteiger charge is -2.19. The molecule has 1 heterocycles. The second-order valence-electron chi connectivity index (χ2n) is 5.51. The average Bonchev–Trinajstić information content (AvgIpc) is 3.05. The number of anilines is 1. The van der Waals surface area contributed by atoms with E-state index >= 15 is 0 Å². The molecule has 0 saturated carbocycles. The highest BCUT2D eigenvalue weighted by molar-refractivity contribution is 6.33. The second kappa shape index (κ2) is 8.27. The van der Waals surface area contributed by atoms with Crippen molar-refractivity contribution in [3.63, 3.8) is 0 Å². The van der Waals surface area contributed by atoms with E-state index in [0.717, 1.165) is 18.2 Å². The van der Waals surface area contributed by atoms with E-state index in [4.69, 9.17) is 16.0 Å². The molecule has 1 N–H and O–H groups in total. The van der Waals surface area contributed by atoms with Gasteiger partial charge >= 0.3 is 6.18 Å². The lowest BCUT2D eigenvalue weighted by Crippen LogP contribution is -2.31. The van der Waals surface area contributed by atoms with Crippen molar-refractivity contribution in [2.45, 2.75) is 26.1 Å². The Hall–Kier alpha value is -2.48. The first-order valence-electron chi connectivity index (χ1n) is 7.61. The Morgan fingerprint density at radius 3 is 2.58 bits per heavy atom. The van der Waals surface area contributed by atoms with Crippen molar-refractivity contribution in [3.05, 3.63) is 52.9 Å². The van der Waals surface area contributed by atoms with Crippen LogP contribution in [0.25, 0.3) is 0 Å². The Balaban J connectivity index is 1.98. The van der Waals surface area contributed by atoms with Gasteiger partial charge < -0.3 is 14.6 Å². The molecule has 2 rings (SSSR count). The summed E-state index contributed by atoms with van der Waals surface area (Å²) in [6, 6.07) is 6.04. The van der Waals surface area contributed by atoms with Crippen LogP contribution in [0.4, 0.5) is 18.9 Å². The largest absolute Gasteiger partial charge is 0.467 e. The van der Waals surface area contributed by atoms with Crippen LogP contribution in [-0.2, 0) is 22.3 Å². The number of hydrogen-bond donors (Lipinski definition) is 1. The van der Waals surface area contributed by atoms with Crippen LogP contribution in [0.3, 0.4) is 0 Å². The second-order valence-corrected chi connectivity index (χ2v) is 5.92. The molecule has 0 saturated heterocycles. The summed E-state index contributed by atoms with van der Waals surface area (Å²) < 4.78 is 43.4. The van der Waals surface area contributed by atoms with E-state index < -0.39 is 17.6 Å². The summed E-state index contributed by atoms with van der Waals surface area (Å²) in [6.45, 7) is 1.63. The van der Waals surface area contributed by atoms with Gasteiger partial charge in [0.15, 0.2) is 0 Å². The standard InChI is InChI=1S/C17H16ClF3N2O3/c1-11(24)23(10-13-3-2-8-26-13)7-6-16(25)22-15-9-12(17(19,20)21)4-5-14(15)18/h2-5,8-9H,6-7,10H2,1H3,(H,22,25). The van der Waals surface area contributed by atoms with Crippen LogP contribution in [-0.4, -0.2) is 23.3 Å². The van der Waals surface area contributed by atoms with E-state index in [9.17, 15) is 22.8 Å². The molecule has 0 fully saturated rings. The van der Waals surface area contributed by atoms with E-state index in [0.29, 0.717) is 5.76 Å². The number of nitrogens with zero attached hydrogens (tertiary/aromatic N) is 1. The third kappa shape index (κ3) is 5.52. The molecule has 0 atom stereocenters. The highest BCUT2D eigenvalue weighted by Gasteiger charge is 2.31. The van der Waals surface area contributed by atoms with Crippen LogP contribution in [0, 0.1) is 0 Å². The third-order valence-corrected chi connectivity index (χ3v) is 3.88. The molecule has 0 bridgehead atoms. The van der Waals surface area contributed by atoms with Gasteiger partial charge in [-0.2, -0.15) is 13.2 Å². The number of halogens is 4.